The average molecular weight is 580 g/mol. The van der Waals surface area contributed by atoms with Gasteiger partial charge >= 0.3 is 0 Å². The summed E-state index contributed by atoms with van der Waals surface area (Å²) in [6.45, 7) is 0. The molecule has 0 fully saturated rings. The molecule has 0 saturated heterocycles. The summed E-state index contributed by atoms with van der Waals surface area (Å²) in [6.07, 6.45) is 0. The Morgan fingerprint density at radius 2 is 0.909 bits per heavy atom. The van der Waals surface area contributed by atoms with E-state index in [2.05, 4.69) is 181 Å². The van der Waals surface area contributed by atoms with Crippen molar-refractivity contribution in [1.29, 1.82) is 0 Å². The molecule has 0 spiro atoms. The maximum Gasteiger partial charge on any atom is 0.0468 e. The van der Waals surface area contributed by atoms with Crippen LogP contribution in [-0.4, -0.2) is 0 Å². The third-order valence-electron chi connectivity index (χ3n) is 8.29. The number of para-hydroxylation sites is 1. The summed E-state index contributed by atoms with van der Waals surface area (Å²) in [5.41, 5.74) is 10.7. The van der Waals surface area contributed by atoms with Gasteiger partial charge in [-0.2, -0.15) is 0 Å². The Kier molecular flexibility index (Phi) is 6.75. The molecule has 0 aliphatic heterocycles. The minimum Gasteiger partial charge on any atom is -0.310 e. The second-order valence-corrected chi connectivity index (χ2v) is 12.0. The Morgan fingerprint density at radius 3 is 1.66 bits per heavy atom. The molecule has 0 radical (unpaired) electrons. The number of rotatable bonds is 6. The minimum absolute atomic E-state index is 1.12. The van der Waals surface area contributed by atoms with Crippen LogP contribution in [0.5, 0.6) is 0 Å². The lowest BCUT2D eigenvalue weighted by molar-refractivity contribution is 1.28. The molecule has 0 atom stereocenters. The van der Waals surface area contributed by atoms with E-state index in [0.717, 1.165) is 17.1 Å². The second kappa shape index (κ2) is 11.3. The average Bonchev–Trinajstić information content (AvgIpc) is 3.49. The molecule has 1 heterocycles. The molecular weight excluding hydrogens is 551 g/mol. The highest BCUT2D eigenvalue weighted by Gasteiger charge is 2.18. The predicted octanol–water partition coefficient (Wildman–Crippen LogP) is 12.5. The number of hydrogen-bond acceptors (Lipinski definition) is 2. The lowest BCUT2D eigenvalue weighted by Crippen LogP contribution is -2.10. The lowest BCUT2D eigenvalue weighted by atomic mass is 9.92. The standard InChI is InChI=1S/C42H29NS/c1-4-13-30(14-5-1)31-23-25-34(26-24-31)43(33-17-8-3-9-18-33)35-27-28-36(40(29-35)32-15-6-2-7-16-32)38-20-12-21-39-37-19-10-11-22-41(37)44-42(38)39/h1-29H. The van der Waals surface area contributed by atoms with E-state index < -0.39 is 0 Å². The zero-order valence-electron chi connectivity index (χ0n) is 24.1. The van der Waals surface area contributed by atoms with E-state index in [1.165, 1.54) is 53.6 Å². The summed E-state index contributed by atoms with van der Waals surface area (Å²) in [5, 5.41) is 2.64. The van der Waals surface area contributed by atoms with Gasteiger partial charge in [0.1, 0.15) is 0 Å². The maximum atomic E-state index is 2.36. The van der Waals surface area contributed by atoms with Crippen molar-refractivity contribution in [2.24, 2.45) is 0 Å². The van der Waals surface area contributed by atoms with Crippen molar-refractivity contribution < 1.29 is 0 Å². The number of benzene rings is 7. The maximum absolute atomic E-state index is 2.36. The van der Waals surface area contributed by atoms with E-state index in [9.17, 15) is 0 Å². The molecular formula is C42H29NS. The van der Waals surface area contributed by atoms with E-state index >= 15 is 0 Å². The number of nitrogens with zero attached hydrogens (tertiary/aromatic N) is 1. The summed E-state index contributed by atoms with van der Waals surface area (Å²) in [5.74, 6) is 0. The second-order valence-electron chi connectivity index (χ2n) is 11.0. The van der Waals surface area contributed by atoms with Crippen LogP contribution >= 0.6 is 11.3 Å². The summed E-state index contributed by atoms with van der Waals surface area (Å²) < 4.78 is 2.65. The summed E-state index contributed by atoms with van der Waals surface area (Å²) in [4.78, 5) is 2.35. The van der Waals surface area contributed by atoms with Gasteiger partial charge in [-0.05, 0) is 70.3 Å². The van der Waals surface area contributed by atoms with Crippen LogP contribution in [0.3, 0.4) is 0 Å². The molecule has 1 aromatic heterocycles. The van der Waals surface area contributed by atoms with Crippen molar-refractivity contribution in [3.05, 3.63) is 176 Å². The topological polar surface area (TPSA) is 3.24 Å². The Balaban J connectivity index is 1.31. The molecule has 1 nitrogen and oxygen atoms in total. The molecule has 208 valence electrons. The summed E-state index contributed by atoms with van der Waals surface area (Å²) >= 11 is 1.88. The Bertz CT molecular complexity index is 2200. The van der Waals surface area contributed by atoms with E-state index in [1.807, 2.05) is 11.3 Å². The van der Waals surface area contributed by atoms with Crippen LogP contribution in [0.1, 0.15) is 0 Å². The van der Waals surface area contributed by atoms with Gasteiger partial charge in [0.05, 0.1) is 0 Å². The first-order chi connectivity index (χ1) is 21.8. The fourth-order valence-electron chi connectivity index (χ4n) is 6.18. The molecule has 8 rings (SSSR count). The Morgan fingerprint density at radius 1 is 0.341 bits per heavy atom. The lowest BCUT2D eigenvalue weighted by Gasteiger charge is -2.27. The smallest absolute Gasteiger partial charge is 0.0468 e. The molecule has 0 amide bonds. The van der Waals surface area contributed by atoms with Gasteiger partial charge in [0.2, 0.25) is 0 Å². The Hall–Kier alpha value is -5.44. The summed E-state index contributed by atoms with van der Waals surface area (Å²) in [7, 11) is 0. The molecule has 0 N–H and O–H groups in total. The van der Waals surface area contributed by atoms with Gasteiger partial charge in [0.25, 0.3) is 0 Å². The molecule has 0 aliphatic rings. The molecule has 0 saturated carbocycles. The third kappa shape index (κ3) is 4.76. The summed E-state index contributed by atoms with van der Waals surface area (Å²) in [6, 6.07) is 63.3. The van der Waals surface area contributed by atoms with Crippen LogP contribution in [0.2, 0.25) is 0 Å². The highest BCUT2D eigenvalue weighted by Crippen LogP contribution is 2.45. The first-order valence-corrected chi connectivity index (χ1v) is 15.8. The van der Waals surface area contributed by atoms with Crippen molar-refractivity contribution in [2.75, 3.05) is 4.90 Å². The number of anilines is 3. The normalized spacial score (nSPS) is 11.2. The van der Waals surface area contributed by atoms with Gasteiger partial charge in [-0.3, -0.25) is 0 Å². The van der Waals surface area contributed by atoms with E-state index in [-0.39, 0.29) is 0 Å². The van der Waals surface area contributed by atoms with Gasteiger partial charge in [-0.15, -0.1) is 11.3 Å². The van der Waals surface area contributed by atoms with Crippen molar-refractivity contribution in [2.45, 2.75) is 0 Å². The van der Waals surface area contributed by atoms with Crippen LogP contribution in [0.15, 0.2) is 176 Å². The third-order valence-corrected chi connectivity index (χ3v) is 9.51. The van der Waals surface area contributed by atoms with E-state index in [4.69, 9.17) is 0 Å². The highest BCUT2D eigenvalue weighted by molar-refractivity contribution is 7.26. The number of thiophene rings is 1. The van der Waals surface area contributed by atoms with Gasteiger partial charge in [-0.25, -0.2) is 0 Å². The van der Waals surface area contributed by atoms with Gasteiger partial charge in [-0.1, -0.05) is 133 Å². The molecule has 8 aromatic rings. The number of hydrogen-bond donors (Lipinski definition) is 0. The molecule has 0 unspecified atom stereocenters. The van der Waals surface area contributed by atoms with E-state index in [1.54, 1.807) is 0 Å². The van der Waals surface area contributed by atoms with Crippen molar-refractivity contribution in [1.82, 2.24) is 0 Å². The molecule has 2 heteroatoms. The predicted molar refractivity (Wildman–Crippen MR) is 190 cm³/mol. The molecule has 0 bridgehead atoms. The van der Waals surface area contributed by atoms with Gasteiger partial charge in [0.15, 0.2) is 0 Å². The van der Waals surface area contributed by atoms with Crippen molar-refractivity contribution in [3.8, 4) is 33.4 Å². The SMILES string of the molecule is c1ccc(-c2ccc(N(c3ccccc3)c3ccc(-c4cccc5c4sc4ccccc45)c(-c4ccccc4)c3)cc2)cc1. The first-order valence-electron chi connectivity index (χ1n) is 14.9. The van der Waals surface area contributed by atoms with Crippen LogP contribution in [0.4, 0.5) is 17.1 Å². The Labute approximate surface area is 261 Å². The van der Waals surface area contributed by atoms with Crippen LogP contribution in [-0.2, 0) is 0 Å². The zero-order valence-corrected chi connectivity index (χ0v) is 24.9. The van der Waals surface area contributed by atoms with Crippen molar-refractivity contribution in [3.63, 3.8) is 0 Å². The monoisotopic (exact) mass is 579 g/mol. The molecule has 7 aromatic carbocycles. The van der Waals surface area contributed by atoms with Gasteiger partial charge in [0, 0.05) is 42.8 Å². The van der Waals surface area contributed by atoms with Crippen LogP contribution < -0.4 is 4.90 Å². The van der Waals surface area contributed by atoms with Crippen LogP contribution in [0, 0.1) is 0 Å². The largest absolute Gasteiger partial charge is 0.310 e. The quantitative estimate of drug-likeness (QED) is 0.189. The highest BCUT2D eigenvalue weighted by atomic mass is 32.1. The fraction of sp³-hybridized carbons (Fsp3) is 0. The minimum atomic E-state index is 1.12. The van der Waals surface area contributed by atoms with E-state index in [0.29, 0.717) is 0 Å². The van der Waals surface area contributed by atoms with Crippen LogP contribution in [0.25, 0.3) is 53.6 Å². The van der Waals surface area contributed by atoms with Gasteiger partial charge < -0.3 is 4.90 Å². The molecule has 0 aliphatic carbocycles. The zero-order chi connectivity index (χ0) is 29.3. The number of fused-ring (bicyclic) bond motifs is 3. The molecule has 44 heavy (non-hydrogen) atoms. The fourth-order valence-corrected chi connectivity index (χ4v) is 7.41. The first kappa shape index (κ1) is 26.2. The van der Waals surface area contributed by atoms with Crippen molar-refractivity contribution >= 4 is 48.6 Å².